The van der Waals surface area contributed by atoms with Crippen LogP contribution in [0.4, 0.5) is 0 Å². The third-order valence-electron chi connectivity index (χ3n) is 10.2. The number of hydrogen-bond acceptors (Lipinski definition) is 12. The summed E-state index contributed by atoms with van der Waals surface area (Å²) < 4.78 is 15.9. The van der Waals surface area contributed by atoms with Gasteiger partial charge in [0.15, 0.2) is 0 Å². The number of nitrogens with one attached hydrogen (secondary N) is 2. The molecule has 17 nitrogen and oxygen atoms in total. The first-order chi connectivity index (χ1) is 29.7. The van der Waals surface area contributed by atoms with E-state index in [1.54, 1.807) is 48.5 Å². The van der Waals surface area contributed by atoms with E-state index in [0.29, 0.717) is 59.5 Å². The zero-order valence-electron chi connectivity index (χ0n) is 33.2. The number of aromatic nitrogens is 8. The van der Waals surface area contributed by atoms with E-state index in [1.807, 2.05) is 51.9 Å². The van der Waals surface area contributed by atoms with E-state index in [4.69, 9.17) is 14.7 Å². The van der Waals surface area contributed by atoms with Crippen molar-refractivity contribution < 1.29 is 28.7 Å². The van der Waals surface area contributed by atoms with Crippen LogP contribution in [-0.4, -0.2) is 76.7 Å². The smallest absolute Gasteiger partial charge is 0.319 e. The number of methoxy groups -OCH3 is 2. The molecule has 0 unspecified atom stereocenters. The lowest BCUT2D eigenvalue weighted by Crippen LogP contribution is -2.23. The molecule has 0 atom stereocenters. The van der Waals surface area contributed by atoms with Gasteiger partial charge in [0.05, 0.1) is 53.8 Å². The molecule has 0 bridgehead atoms. The van der Waals surface area contributed by atoms with Gasteiger partial charge in [-0.3, -0.25) is 34.5 Å². The number of rotatable bonds is 12. The molecular weight excluding hydrogens is 779 g/mol. The van der Waals surface area contributed by atoms with Crippen LogP contribution in [0.2, 0.25) is 0 Å². The molecule has 0 saturated heterocycles. The standard InChI is InChI=1S/C25H21N5O4.C19H16N6O2/c1-33-24-17(13-27-25(29-24)34-2)19-20(23(32)28-22(19)31)18-14-30(21-16(18)9-6-11-26-21)12-10-15-7-4-3-5-8-15;1-24-10-6-14(23-24)16-15(18(26)22-19(16)27)13-11-25(9-3-2-7-20)17-12(13)5-4-8-21-17/h3-9,11,13-14H,10,12H2,1-2H3,(H,28,31,32);4-6,8,10-11H,2-3,9H2,1H3,(H,22,26,27). The SMILES string of the molecule is COc1ncc(C2=C(c3cn(CCc4ccccc4)c4ncccc34)C(=O)NC2=O)c(OC)n1.Cn1ccc(C2=C(c3cn(CCCC#N)c4ncccc34)C(=O)NC2=O)n1. The Kier molecular flexibility index (Phi) is 11.0. The van der Waals surface area contributed by atoms with Crippen LogP contribution < -0.4 is 20.1 Å². The van der Waals surface area contributed by atoms with Crippen molar-refractivity contribution in [2.75, 3.05) is 14.2 Å². The van der Waals surface area contributed by atoms with Crippen molar-refractivity contribution in [1.82, 2.24) is 49.5 Å². The molecule has 0 radical (unpaired) electrons. The summed E-state index contributed by atoms with van der Waals surface area (Å²) in [6, 6.07) is 21.4. The van der Waals surface area contributed by atoms with E-state index in [1.165, 1.54) is 26.0 Å². The van der Waals surface area contributed by atoms with Crippen molar-refractivity contribution >= 4 is 68.0 Å². The molecule has 2 N–H and O–H groups in total. The Bertz CT molecular complexity index is 2990. The number of nitriles is 1. The van der Waals surface area contributed by atoms with Crippen LogP contribution in [0.25, 0.3) is 44.4 Å². The van der Waals surface area contributed by atoms with Crippen molar-refractivity contribution in [3.05, 3.63) is 126 Å². The summed E-state index contributed by atoms with van der Waals surface area (Å²) in [5, 5.41) is 19.4. The van der Waals surface area contributed by atoms with Crippen LogP contribution in [0.5, 0.6) is 11.9 Å². The highest BCUT2D eigenvalue weighted by atomic mass is 16.5. The fourth-order valence-electron chi connectivity index (χ4n) is 7.46. The number of hydrogen-bond donors (Lipinski definition) is 2. The van der Waals surface area contributed by atoms with Gasteiger partial charge in [-0.25, -0.2) is 15.0 Å². The minimum absolute atomic E-state index is 0.0918. The molecule has 0 fully saturated rings. The number of unbranched alkanes of at least 4 members (excludes halogenated alkanes) is 1. The summed E-state index contributed by atoms with van der Waals surface area (Å²) >= 11 is 0. The first kappa shape index (κ1) is 39.6. The van der Waals surface area contributed by atoms with Crippen LogP contribution in [0, 0.1) is 11.3 Å². The van der Waals surface area contributed by atoms with Gasteiger partial charge in [0, 0.05) is 85.6 Å². The molecule has 2 aliphatic rings. The van der Waals surface area contributed by atoms with E-state index >= 15 is 0 Å². The number of imide groups is 2. The number of benzene rings is 1. The normalized spacial score (nSPS) is 13.7. The molecule has 304 valence electrons. The predicted octanol–water partition coefficient (Wildman–Crippen LogP) is 4.29. The first-order valence-electron chi connectivity index (χ1n) is 19.1. The highest BCUT2D eigenvalue weighted by molar-refractivity contribution is 6.50. The average molecular weight is 816 g/mol. The second-order valence-electron chi connectivity index (χ2n) is 13.9. The summed E-state index contributed by atoms with van der Waals surface area (Å²) in [5.74, 6) is -1.80. The zero-order valence-corrected chi connectivity index (χ0v) is 33.2. The van der Waals surface area contributed by atoms with Gasteiger partial charge in [0.1, 0.15) is 11.3 Å². The molecule has 61 heavy (non-hydrogen) atoms. The van der Waals surface area contributed by atoms with E-state index in [-0.39, 0.29) is 28.6 Å². The number of nitrogens with zero attached hydrogens (tertiary/aromatic N) is 9. The van der Waals surface area contributed by atoms with Gasteiger partial charge in [0.2, 0.25) is 5.88 Å². The summed E-state index contributed by atoms with van der Waals surface area (Å²) in [5.41, 5.74) is 5.57. The molecule has 0 saturated carbocycles. The van der Waals surface area contributed by atoms with E-state index < -0.39 is 23.6 Å². The molecule has 17 heteroatoms. The van der Waals surface area contributed by atoms with Gasteiger partial charge < -0.3 is 18.6 Å². The van der Waals surface area contributed by atoms with Gasteiger partial charge in [-0.1, -0.05) is 30.3 Å². The number of carbonyl (C=O) groups is 4. The van der Waals surface area contributed by atoms with Gasteiger partial charge in [-0.05, 0) is 48.7 Å². The summed E-state index contributed by atoms with van der Waals surface area (Å²) in [6.07, 6.45) is 12.1. The van der Waals surface area contributed by atoms with Crippen molar-refractivity contribution in [3.8, 4) is 18.0 Å². The van der Waals surface area contributed by atoms with Crippen molar-refractivity contribution in [1.29, 1.82) is 5.26 Å². The second-order valence-corrected chi connectivity index (χ2v) is 13.9. The third kappa shape index (κ3) is 7.60. The highest BCUT2D eigenvalue weighted by Gasteiger charge is 2.37. The minimum atomic E-state index is -0.541. The zero-order chi connectivity index (χ0) is 42.6. The van der Waals surface area contributed by atoms with Crippen molar-refractivity contribution in [2.24, 2.45) is 7.05 Å². The number of pyridine rings is 2. The Morgan fingerprint density at radius 1 is 0.689 bits per heavy atom. The molecule has 2 aliphatic heterocycles. The molecule has 6 aromatic heterocycles. The van der Waals surface area contributed by atoms with Gasteiger partial charge in [-0.2, -0.15) is 15.3 Å². The molecule has 4 amide bonds. The Labute approximate surface area is 348 Å². The quantitative estimate of drug-likeness (QED) is 0.131. The molecule has 0 aliphatic carbocycles. The van der Waals surface area contributed by atoms with Crippen molar-refractivity contribution in [3.63, 3.8) is 0 Å². The molecule has 0 spiro atoms. The molecular formula is C44H37N11O6. The predicted molar refractivity (Wildman–Crippen MR) is 223 cm³/mol. The Morgan fingerprint density at radius 3 is 1.85 bits per heavy atom. The Balaban J connectivity index is 0.000000173. The van der Waals surface area contributed by atoms with Crippen LogP contribution >= 0.6 is 0 Å². The average Bonchev–Trinajstić information content (AvgIpc) is 4.09. The van der Waals surface area contributed by atoms with Crippen LogP contribution in [0.3, 0.4) is 0 Å². The first-order valence-corrected chi connectivity index (χ1v) is 19.1. The highest BCUT2D eigenvalue weighted by Crippen LogP contribution is 2.39. The summed E-state index contributed by atoms with van der Waals surface area (Å²) in [4.78, 5) is 68.2. The van der Waals surface area contributed by atoms with Crippen LogP contribution in [-0.2, 0) is 45.7 Å². The number of fused-ring (bicyclic) bond motifs is 2. The lowest BCUT2D eigenvalue weighted by molar-refractivity contribution is -0.124. The lowest BCUT2D eigenvalue weighted by Gasteiger charge is -2.09. The Morgan fingerprint density at radius 2 is 1.28 bits per heavy atom. The summed E-state index contributed by atoms with van der Waals surface area (Å²) in [7, 11) is 4.62. The van der Waals surface area contributed by atoms with Crippen LogP contribution in [0.1, 0.15) is 40.8 Å². The molecule has 1 aromatic carbocycles. The topological polar surface area (TPSA) is 214 Å². The lowest BCUT2D eigenvalue weighted by atomic mass is 9.97. The second kappa shape index (κ2) is 16.9. The third-order valence-corrected chi connectivity index (χ3v) is 10.2. The maximum absolute atomic E-state index is 13.0. The van der Waals surface area contributed by atoms with E-state index in [9.17, 15) is 19.2 Å². The number of carbonyl (C=O) groups excluding carboxylic acids is 4. The minimum Gasteiger partial charge on any atom is -0.480 e. The fourth-order valence-corrected chi connectivity index (χ4v) is 7.46. The summed E-state index contributed by atoms with van der Waals surface area (Å²) in [6.45, 7) is 1.26. The van der Waals surface area contributed by atoms with Gasteiger partial charge in [-0.15, -0.1) is 0 Å². The molecule has 7 aromatic rings. The molecule has 9 rings (SSSR count). The van der Waals surface area contributed by atoms with E-state index in [2.05, 4.69) is 53.9 Å². The fraction of sp³-hybridized carbons (Fsp3) is 0.182. The van der Waals surface area contributed by atoms with E-state index in [0.717, 1.165) is 22.8 Å². The maximum Gasteiger partial charge on any atom is 0.319 e. The maximum atomic E-state index is 13.0. The Hall–Kier alpha value is -8.26. The van der Waals surface area contributed by atoms with Gasteiger partial charge in [0.25, 0.3) is 23.6 Å². The van der Waals surface area contributed by atoms with Gasteiger partial charge >= 0.3 is 6.01 Å². The largest absolute Gasteiger partial charge is 0.480 e. The number of ether oxygens (including phenoxy) is 2. The molecule has 8 heterocycles. The van der Waals surface area contributed by atoms with Crippen LogP contribution in [0.15, 0.2) is 97.8 Å². The monoisotopic (exact) mass is 815 g/mol. The van der Waals surface area contributed by atoms with Crippen molar-refractivity contribution in [2.45, 2.75) is 32.4 Å². The number of aryl methyl sites for hydroxylation is 4. The number of amides is 4.